The summed E-state index contributed by atoms with van der Waals surface area (Å²) >= 11 is 6.07. The summed E-state index contributed by atoms with van der Waals surface area (Å²) in [7, 11) is 0. The fraction of sp³-hybridized carbons (Fsp3) is 0.458. The Balaban J connectivity index is 2.80. The minimum Gasteiger partial charge on any atom is -0.479 e. The molecule has 0 aliphatic rings. The zero-order chi connectivity index (χ0) is 23.7. The minimum atomic E-state index is -1.23. The number of hydrogen-bond acceptors (Lipinski definition) is 4. The van der Waals surface area contributed by atoms with Gasteiger partial charge < -0.3 is 15.2 Å². The van der Waals surface area contributed by atoms with Crippen molar-refractivity contribution >= 4 is 29.3 Å². The third-order valence-electron chi connectivity index (χ3n) is 4.67. The van der Waals surface area contributed by atoms with Crippen molar-refractivity contribution in [2.45, 2.75) is 67.1 Å². The predicted molar refractivity (Wildman–Crippen MR) is 123 cm³/mol. The van der Waals surface area contributed by atoms with E-state index in [1.807, 2.05) is 39.8 Å². The van der Waals surface area contributed by atoms with Crippen LogP contribution in [0.5, 0.6) is 0 Å². The van der Waals surface area contributed by atoms with Crippen molar-refractivity contribution in [3.8, 4) is 11.1 Å². The molecule has 31 heavy (non-hydrogen) atoms. The summed E-state index contributed by atoms with van der Waals surface area (Å²) in [5, 5.41) is 13.5. The average molecular weight is 447 g/mol. The van der Waals surface area contributed by atoms with Crippen molar-refractivity contribution in [2.24, 2.45) is 5.41 Å². The number of hydrogen-bond donors (Lipinski definition) is 2. The summed E-state index contributed by atoms with van der Waals surface area (Å²) in [6.07, 6.45) is -1.23. The molecule has 0 saturated heterocycles. The Kier molecular flexibility index (Phi) is 7.18. The number of carbonyl (C=O) groups excluding carboxylic acids is 1. The van der Waals surface area contributed by atoms with Gasteiger partial charge in [-0.2, -0.15) is 0 Å². The number of aliphatic carboxylic acids is 1. The molecule has 0 unspecified atom stereocenters. The van der Waals surface area contributed by atoms with Crippen molar-refractivity contribution in [1.82, 2.24) is 4.98 Å². The molecule has 0 aliphatic carbocycles. The number of aryl methyl sites for hydroxylation is 1. The van der Waals surface area contributed by atoms with Crippen LogP contribution in [0.3, 0.4) is 0 Å². The first-order valence-electron chi connectivity index (χ1n) is 10.1. The fourth-order valence-electron chi connectivity index (χ4n) is 3.13. The molecule has 0 fully saturated rings. The molecule has 1 heterocycles. The van der Waals surface area contributed by atoms with Crippen LogP contribution < -0.4 is 5.32 Å². The predicted octanol–water partition coefficient (Wildman–Crippen LogP) is 5.94. The lowest BCUT2D eigenvalue weighted by molar-refractivity contribution is -0.160. The van der Waals surface area contributed by atoms with Crippen LogP contribution in [-0.4, -0.2) is 27.6 Å². The van der Waals surface area contributed by atoms with Gasteiger partial charge in [-0.05, 0) is 57.9 Å². The largest absolute Gasteiger partial charge is 0.479 e. The zero-order valence-electron chi connectivity index (χ0n) is 19.4. The molecule has 2 N–H and O–H groups in total. The van der Waals surface area contributed by atoms with Gasteiger partial charge in [-0.25, -0.2) is 9.78 Å². The quantitative estimate of drug-likeness (QED) is 0.592. The van der Waals surface area contributed by atoms with Gasteiger partial charge in [0.2, 0.25) is 5.91 Å². The van der Waals surface area contributed by atoms with Gasteiger partial charge in [-0.15, -0.1) is 0 Å². The first-order chi connectivity index (χ1) is 14.1. The summed E-state index contributed by atoms with van der Waals surface area (Å²) in [4.78, 5) is 29.4. The number of ether oxygens (including phenoxy) is 1. The highest BCUT2D eigenvalue weighted by Crippen LogP contribution is 2.39. The van der Waals surface area contributed by atoms with Crippen LogP contribution in [0.1, 0.15) is 64.5 Å². The van der Waals surface area contributed by atoms with Crippen LogP contribution in [0.2, 0.25) is 5.02 Å². The SMILES string of the molecule is Cc1nc(NC(=O)C(C)(C)C)c(C)c(-c2ccc(Cl)cc2)c1[C@H](OC(C)(C)C)C(=O)O. The summed E-state index contributed by atoms with van der Waals surface area (Å²) in [5.41, 5.74) is 1.69. The second-order valence-corrected chi connectivity index (χ2v) is 10.1. The van der Waals surface area contributed by atoms with Crippen molar-refractivity contribution < 1.29 is 19.4 Å². The number of carboxylic acids is 1. The first kappa shape index (κ1) is 24.8. The van der Waals surface area contributed by atoms with E-state index in [0.717, 1.165) is 5.56 Å². The molecular weight excluding hydrogens is 416 g/mol. The maximum atomic E-state index is 12.6. The molecule has 1 aromatic heterocycles. The van der Waals surface area contributed by atoms with Gasteiger partial charge in [0.05, 0.1) is 5.60 Å². The van der Waals surface area contributed by atoms with Gasteiger partial charge in [-0.3, -0.25) is 4.79 Å². The van der Waals surface area contributed by atoms with Crippen molar-refractivity contribution in [3.63, 3.8) is 0 Å². The third kappa shape index (κ3) is 6.05. The van der Waals surface area contributed by atoms with E-state index >= 15 is 0 Å². The number of anilines is 1. The zero-order valence-corrected chi connectivity index (χ0v) is 20.1. The molecule has 6 nitrogen and oxygen atoms in total. The minimum absolute atomic E-state index is 0.182. The number of carbonyl (C=O) groups is 2. The molecule has 0 spiro atoms. The Morgan fingerprint density at radius 2 is 1.61 bits per heavy atom. The Morgan fingerprint density at radius 1 is 1.06 bits per heavy atom. The van der Waals surface area contributed by atoms with Crippen LogP contribution in [0.4, 0.5) is 5.82 Å². The van der Waals surface area contributed by atoms with Crippen LogP contribution in [0, 0.1) is 19.3 Å². The van der Waals surface area contributed by atoms with E-state index in [4.69, 9.17) is 16.3 Å². The number of nitrogens with zero attached hydrogens (tertiary/aromatic N) is 1. The fourth-order valence-corrected chi connectivity index (χ4v) is 3.25. The lowest BCUT2D eigenvalue weighted by Crippen LogP contribution is -2.30. The number of pyridine rings is 1. The highest BCUT2D eigenvalue weighted by Gasteiger charge is 2.33. The van der Waals surface area contributed by atoms with E-state index in [1.54, 1.807) is 39.8 Å². The monoisotopic (exact) mass is 446 g/mol. The third-order valence-corrected chi connectivity index (χ3v) is 4.92. The second-order valence-electron chi connectivity index (χ2n) is 9.62. The lowest BCUT2D eigenvalue weighted by Gasteiger charge is -2.29. The molecule has 2 rings (SSSR count). The Morgan fingerprint density at radius 3 is 2.06 bits per heavy atom. The maximum absolute atomic E-state index is 12.6. The van der Waals surface area contributed by atoms with Crippen molar-refractivity contribution in [1.29, 1.82) is 0 Å². The normalized spacial score (nSPS) is 13.1. The molecular formula is C24H31ClN2O4. The number of benzene rings is 1. The summed E-state index contributed by atoms with van der Waals surface area (Å²) in [6, 6.07) is 7.12. The number of amides is 1. The van der Waals surface area contributed by atoms with Gasteiger partial charge in [0.25, 0.3) is 0 Å². The molecule has 0 radical (unpaired) electrons. The highest BCUT2D eigenvalue weighted by molar-refractivity contribution is 6.30. The molecule has 0 bridgehead atoms. The Labute approximate surface area is 189 Å². The first-order valence-corrected chi connectivity index (χ1v) is 10.5. The second kappa shape index (κ2) is 8.97. The summed E-state index contributed by atoms with van der Waals surface area (Å²) < 4.78 is 5.93. The van der Waals surface area contributed by atoms with E-state index in [1.165, 1.54) is 0 Å². The number of carboxylic acid groups (broad SMARTS) is 1. The number of rotatable bonds is 5. The highest BCUT2D eigenvalue weighted by atomic mass is 35.5. The number of aromatic nitrogens is 1. The average Bonchev–Trinajstić information content (AvgIpc) is 2.61. The van der Waals surface area contributed by atoms with E-state index in [-0.39, 0.29) is 5.91 Å². The van der Waals surface area contributed by atoms with Gasteiger partial charge >= 0.3 is 5.97 Å². The lowest BCUT2D eigenvalue weighted by atomic mass is 9.90. The Bertz CT molecular complexity index is 987. The number of nitrogens with one attached hydrogen (secondary N) is 1. The van der Waals surface area contributed by atoms with E-state index in [2.05, 4.69) is 10.3 Å². The van der Waals surface area contributed by atoms with Gasteiger partial charge in [-0.1, -0.05) is 44.5 Å². The molecule has 1 aromatic carbocycles. The van der Waals surface area contributed by atoms with Crippen LogP contribution >= 0.6 is 11.6 Å². The molecule has 7 heteroatoms. The summed E-state index contributed by atoms with van der Waals surface area (Å²) in [6.45, 7) is 14.4. The van der Waals surface area contributed by atoms with E-state index < -0.39 is 23.1 Å². The molecule has 168 valence electrons. The summed E-state index contributed by atoms with van der Waals surface area (Å²) in [5.74, 6) is -0.898. The molecule has 2 aromatic rings. The smallest absolute Gasteiger partial charge is 0.337 e. The molecule has 1 amide bonds. The molecule has 0 aliphatic heterocycles. The molecule has 0 saturated carbocycles. The topological polar surface area (TPSA) is 88.5 Å². The van der Waals surface area contributed by atoms with Crippen LogP contribution in [-0.2, 0) is 14.3 Å². The Hall–Kier alpha value is -2.44. The standard InChI is InChI=1S/C24H31ClN2O4/c1-13-17(15-9-11-16(25)12-10-15)18(19(21(28)29)31-24(6,7)8)14(2)26-20(13)27-22(30)23(3,4)5/h9-12,19H,1-8H3,(H,28,29)(H,26,27,30)/t19-/m0/s1. The van der Waals surface area contributed by atoms with Crippen LogP contribution in [0.15, 0.2) is 24.3 Å². The van der Waals surface area contributed by atoms with Gasteiger partial charge in [0.1, 0.15) is 5.82 Å². The number of halogens is 1. The maximum Gasteiger partial charge on any atom is 0.337 e. The van der Waals surface area contributed by atoms with Gasteiger partial charge in [0, 0.05) is 27.3 Å². The van der Waals surface area contributed by atoms with E-state index in [0.29, 0.717) is 33.2 Å². The van der Waals surface area contributed by atoms with E-state index in [9.17, 15) is 14.7 Å². The van der Waals surface area contributed by atoms with Crippen LogP contribution in [0.25, 0.3) is 11.1 Å². The van der Waals surface area contributed by atoms with Crippen molar-refractivity contribution in [2.75, 3.05) is 5.32 Å². The van der Waals surface area contributed by atoms with Crippen molar-refractivity contribution in [3.05, 3.63) is 46.1 Å². The molecule has 1 atom stereocenters. The van der Waals surface area contributed by atoms with Gasteiger partial charge in [0.15, 0.2) is 6.10 Å².